The van der Waals surface area contributed by atoms with E-state index >= 15 is 0 Å². The van der Waals surface area contributed by atoms with Gasteiger partial charge in [-0.1, -0.05) is 26.7 Å². The van der Waals surface area contributed by atoms with Crippen molar-refractivity contribution in [3.8, 4) is 0 Å². The standard InChI is InChI=1S/C15H31N4O2.Rb/c1-12(2)6-3-4-11-18-15(21)13(7-5-9-16)19-14(20)8-10-17;/h12-13,17H,3-11,16H2,1-2H3,(H,18,21)(H,19,20);/q-1;+1/t13-;/m1./s1. The maximum atomic E-state index is 12.1. The minimum Gasteiger partial charge on any atom is -0.677 e. The number of carbonyl (C=O) groups is 2. The molecule has 22 heavy (non-hydrogen) atoms. The Hall–Kier alpha value is 0.665. The Morgan fingerprint density at radius 1 is 1.14 bits per heavy atom. The van der Waals surface area contributed by atoms with Gasteiger partial charge in [0.05, 0.1) is 0 Å². The number of nitrogens with one attached hydrogen (secondary N) is 3. The first kappa shape index (κ1) is 24.9. The molecule has 0 fully saturated rings. The van der Waals surface area contributed by atoms with Crippen LogP contribution in [0.2, 0.25) is 0 Å². The Morgan fingerprint density at radius 3 is 2.36 bits per heavy atom. The molecule has 7 heteroatoms. The molecule has 0 aromatic carbocycles. The second-order valence-electron chi connectivity index (χ2n) is 5.73. The molecule has 0 aliphatic rings. The Kier molecular flexibility index (Phi) is 18.7. The van der Waals surface area contributed by atoms with Gasteiger partial charge in [-0.3, -0.25) is 9.59 Å². The van der Waals surface area contributed by atoms with Gasteiger partial charge in [0.15, 0.2) is 0 Å². The van der Waals surface area contributed by atoms with Crippen LogP contribution in [0.5, 0.6) is 0 Å². The fourth-order valence-corrected chi connectivity index (χ4v) is 1.98. The third-order valence-electron chi connectivity index (χ3n) is 3.21. The number of nitrogens with two attached hydrogens (primary N) is 1. The molecule has 0 saturated heterocycles. The van der Waals surface area contributed by atoms with Gasteiger partial charge in [-0.05, 0) is 31.7 Å². The Balaban J connectivity index is 0. The number of hydrogen-bond acceptors (Lipinski definition) is 3. The molecule has 2 amide bonds. The number of carbonyl (C=O) groups excluding carboxylic acids is 2. The summed E-state index contributed by atoms with van der Waals surface area (Å²) in [5.74, 6) is 0.287. The van der Waals surface area contributed by atoms with E-state index in [1.807, 2.05) is 0 Å². The van der Waals surface area contributed by atoms with Gasteiger partial charge in [-0.15, -0.1) is 6.54 Å². The molecule has 0 spiro atoms. The number of rotatable bonds is 12. The molecule has 0 aromatic rings. The molecular formula is C15H31N4O2Rb. The first-order valence-electron chi connectivity index (χ1n) is 7.93. The van der Waals surface area contributed by atoms with Crippen LogP contribution < -0.4 is 74.6 Å². The largest absolute Gasteiger partial charge is 1.00 e. The fraction of sp³-hybridized carbons (Fsp3) is 0.867. The molecule has 0 radical (unpaired) electrons. The van der Waals surface area contributed by atoms with E-state index in [2.05, 4.69) is 24.5 Å². The predicted molar refractivity (Wildman–Crippen MR) is 85.7 cm³/mol. The monoisotopic (exact) mass is 384 g/mol. The SMILES string of the molecule is CC(C)CCCCNC(=O)[C@@H](CCCN)NC(=O)CC[NH-].[Rb+]. The molecule has 1 atom stereocenters. The Bertz CT molecular complexity index is 301. The summed E-state index contributed by atoms with van der Waals surface area (Å²) in [6.07, 6.45) is 4.56. The summed E-state index contributed by atoms with van der Waals surface area (Å²) in [5, 5.41) is 5.56. The molecule has 0 bridgehead atoms. The average molecular weight is 385 g/mol. The van der Waals surface area contributed by atoms with E-state index in [0.29, 0.717) is 31.8 Å². The number of hydrogen-bond donors (Lipinski definition) is 3. The maximum Gasteiger partial charge on any atom is 1.00 e. The fourth-order valence-electron chi connectivity index (χ4n) is 1.98. The van der Waals surface area contributed by atoms with E-state index in [1.54, 1.807) is 0 Å². The van der Waals surface area contributed by atoms with Crippen LogP contribution in [0.4, 0.5) is 0 Å². The van der Waals surface area contributed by atoms with Crippen molar-refractivity contribution in [2.24, 2.45) is 11.7 Å². The quantitative estimate of drug-likeness (QED) is 0.360. The van der Waals surface area contributed by atoms with Gasteiger partial charge in [0.25, 0.3) is 0 Å². The molecule has 124 valence electrons. The van der Waals surface area contributed by atoms with Crippen molar-refractivity contribution in [2.75, 3.05) is 19.6 Å². The summed E-state index contributed by atoms with van der Waals surface area (Å²) in [7, 11) is 0. The summed E-state index contributed by atoms with van der Waals surface area (Å²) in [6.45, 7) is 5.53. The van der Waals surface area contributed by atoms with E-state index in [9.17, 15) is 9.59 Å². The topological polar surface area (TPSA) is 108 Å². The van der Waals surface area contributed by atoms with E-state index in [0.717, 1.165) is 19.3 Å². The number of amides is 2. The molecule has 0 saturated carbocycles. The average Bonchev–Trinajstić information content (AvgIpc) is 2.42. The van der Waals surface area contributed by atoms with Gasteiger partial charge in [-0.25, -0.2) is 0 Å². The molecular weight excluding hydrogens is 354 g/mol. The minimum atomic E-state index is -0.530. The van der Waals surface area contributed by atoms with Crippen molar-refractivity contribution in [3.63, 3.8) is 0 Å². The van der Waals surface area contributed by atoms with Crippen LogP contribution in [-0.4, -0.2) is 37.5 Å². The zero-order valence-electron chi connectivity index (χ0n) is 14.4. The second-order valence-corrected chi connectivity index (χ2v) is 5.73. The third kappa shape index (κ3) is 14.3. The van der Waals surface area contributed by atoms with Crippen LogP contribution in [0, 0.1) is 5.92 Å². The van der Waals surface area contributed by atoms with Gasteiger partial charge in [-0.2, -0.15) is 0 Å². The predicted octanol–water partition coefficient (Wildman–Crippen LogP) is -1.40. The molecule has 0 rings (SSSR count). The summed E-state index contributed by atoms with van der Waals surface area (Å²) < 4.78 is 0. The number of unbranched alkanes of at least 4 members (excludes halogenated alkanes) is 1. The summed E-state index contributed by atoms with van der Waals surface area (Å²) in [4.78, 5) is 23.6. The van der Waals surface area contributed by atoms with Gasteiger partial charge in [0.1, 0.15) is 6.04 Å². The zero-order chi connectivity index (χ0) is 16.1. The molecule has 0 unspecified atom stereocenters. The zero-order valence-corrected chi connectivity index (χ0v) is 19.3. The normalized spacial score (nSPS) is 11.7. The summed E-state index contributed by atoms with van der Waals surface area (Å²) in [6, 6.07) is -0.530. The maximum absolute atomic E-state index is 12.1. The van der Waals surface area contributed by atoms with E-state index < -0.39 is 6.04 Å². The van der Waals surface area contributed by atoms with E-state index in [-0.39, 0.29) is 83.0 Å². The van der Waals surface area contributed by atoms with Crippen molar-refractivity contribution in [3.05, 3.63) is 5.73 Å². The van der Waals surface area contributed by atoms with Crippen LogP contribution in [0.25, 0.3) is 5.73 Å². The van der Waals surface area contributed by atoms with Crippen LogP contribution in [0.15, 0.2) is 0 Å². The molecule has 0 aromatic heterocycles. The first-order valence-corrected chi connectivity index (χ1v) is 7.93. The second kappa shape index (κ2) is 16.5. The van der Waals surface area contributed by atoms with Crippen molar-refractivity contribution >= 4 is 11.8 Å². The van der Waals surface area contributed by atoms with Crippen molar-refractivity contribution in [2.45, 2.75) is 58.4 Å². The van der Waals surface area contributed by atoms with Crippen LogP contribution >= 0.6 is 0 Å². The summed E-state index contributed by atoms with van der Waals surface area (Å²) >= 11 is 0. The molecule has 6 nitrogen and oxygen atoms in total. The first-order chi connectivity index (χ1) is 10.0. The Morgan fingerprint density at radius 2 is 1.82 bits per heavy atom. The molecule has 5 N–H and O–H groups in total. The van der Waals surface area contributed by atoms with Crippen LogP contribution in [0.3, 0.4) is 0 Å². The van der Waals surface area contributed by atoms with Gasteiger partial charge < -0.3 is 22.1 Å². The van der Waals surface area contributed by atoms with Crippen LogP contribution in [0.1, 0.15) is 52.4 Å². The minimum absolute atomic E-state index is 0. The van der Waals surface area contributed by atoms with Crippen molar-refractivity contribution in [1.29, 1.82) is 0 Å². The molecule has 0 aliphatic carbocycles. The molecule has 0 heterocycles. The van der Waals surface area contributed by atoms with Gasteiger partial charge in [0.2, 0.25) is 11.8 Å². The van der Waals surface area contributed by atoms with Crippen LogP contribution in [-0.2, 0) is 9.59 Å². The Labute approximate surface area is 183 Å². The summed E-state index contributed by atoms with van der Waals surface area (Å²) in [5.41, 5.74) is 12.5. The van der Waals surface area contributed by atoms with Gasteiger partial charge in [0, 0.05) is 13.0 Å². The third-order valence-corrected chi connectivity index (χ3v) is 3.21. The van der Waals surface area contributed by atoms with Crippen molar-refractivity contribution < 1.29 is 67.8 Å². The van der Waals surface area contributed by atoms with E-state index in [1.165, 1.54) is 0 Å². The molecule has 0 aliphatic heterocycles. The van der Waals surface area contributed by atoms with Gasteiger partial charge >= 0.3 is 58.2 Å². The van der Waals surface area contributed by atoms with E-state index in [4.69, 9.17) is 11.5 Å². The van der Waals surface area contributed by atoms with Crippen molar-refractivity contribution in [1.82, 2.24) is 10.6 Å². The smallest absolute Gasteiger partial charge is 0.677 e.